The molecule has 82 valence electrons. The number of para-hydroxylation sites is 1. The first-order valence-corrected chi connectivity index (χ1v) is 5.84. The fourth-order valence-electron chi connectivity index (χ4n) is 2.08. The fraction of sp³-hybridized carbons (Fsp3) is 0.538. The van der Waals surface area contributed by atoms with Gasteiger partial charge in [0.15, 0.2) is 0 Å². The van der Waals surface area contributed by atoms with Gasteiger partial charge in [0, 0.05) is 5.56 Å². The Morgan fingerprint density at radius 1 is 1.40 bits per heavy atom. The van der Waals surface area contributed by atoms with Gasteiger partial charge in [0.2, 0.25) is 0 Å². The van der Waals surface area contributed by atoms with Crippen LogP contribution in [0.3, 0.4) is 0 Å². The zero-order valence-corrected chi connectivity index (χ0v) is 9.55. The summed E-state index contributed by atoms with van der Waals surface area (Å²) < 4.78 is 5.77. The first-order valence-electron chi connectivity index (χ1n) is 5.84. The number of ether oxygens (including phenoxy) is 1. The van der Waals surface area contributed by atoms with Crippen molar-refractivity contribution in [3.8, 4) is 5.75 Å². The van der Waals surface area contributed by atoms with Crippen molar-refractivity contribution in [2.75, 3.05) is 13.2 Å². The lowest BCUT2D eigenvalue weighted by molar-refractivity contribution is 0.309. The number of hydrogen-bond donors (Lipinski definition) is 1. The maximum absolute atomic E-state index is 5.77. The molecular formula is C13H19NO. The van der Waals surface area contributed by atoms with Gasteiger partial charge in [-0.15, -0.1) is 0 Å². The fourth-order valence-corrected chi connectivity index (χ4v) is 2.08. The molecule has 0 saturated carbocycles. The summed E-state index contributed by atoms with van der Waals surface area (Å²) in [5.41, 5.74) is 2.66. The summed E-state index contributed by atoms with van der Waals surface area (Å²) in [5, 5.41) is 3.51. The number of hydrogen-bond acceptors (Lipinski definition) is 2. The van der Waals surface area contributed by atoms with Crippen molar-refractivity contribution in [1.29, 1.82) is 0 Å². The molecule has 1 aliphatic rings. The number of rotatable bonds is 4. The lowest BCUT2D eigenvalue weighted by Gasteiger charge is -2.10. The molecule has 2 heteroatoms. The standard InChI is InChI=1S/C13H19NO/c1-3-8-14-12-9-15-13-10(4-2)6-5-7-11(12)13/h5-7,12,14H,3-4,8-9H2,1-2H3. The van der Waals surface area contributed by atoms with Crippen molar-refractivity contribution in [2.24, 2.45) is 0 Å². The van der Waals surface area contributed by atoms with Crippen LogP contribution >= 0.6 is 0 Å². The van der Waals surface area contributed by atoms with Crippen molar-refractivity contribution in [2.45, 2.75) is 32.7 Å². The predicted molar refractivity (Wildman–Crippen MR) is 62.3 cm³/mol. The van der Waals surface area contributed by atoms with Gasteiger partial charge < -0.3 is 10.1 Å². The van der Waals surface area contributed by atoms with E-state index in [4.69, 9.17) is 4.74 Å². The van der Waals surface area contributed by atoms with Crippen LogP contribution in [-0.4, -0.2) is 13.2 Å². The topological polar surface area (TPSA) is 21.3 Å². The average molecular weight is 205 g/mol. The van der Waals surface area contributed by atoms with Gasteiger partial charge in [-0.3, -0.25) is 0 Å². The van der Waals surface area contributed by atoms with Gasteiger partial charge in [-0.05, 0) is 24.9 Å². The smallest absolute Gasteiger partial charge is 0.127 e. The Morgan fingerprint density at radius 2 is 2.27 bits per heavy atom. The molecule has 0 fully saturated rings. The van der Waals surface area contributed by atoms with Gasteiger partial charge in [0.25, 0.3) is 0 Å². The largest absolute Gasteiger partial charge is 0.491 e. The minimum absolute atomic E-state index is 0.395. The van der Waals surface area contributed by atoms with E-state index in [9.17, 15) is 0 Å². The summed E-state index contributed by atoms with van der Waals surface area (Å²) in [6, 6.07) is 6.86. The van der Waals surface area contributed by atoms with Crippen LogP contribution < -0.4 is 10.1 Å². The van der Waals surface area contributed by atoms with Crippen LogP contribution in [-0.2, 0) is 6.42 Å². The molecule has 2 rings (SSSR count). The molecule has 0 aromatic heterocycles. The van der Waals surface area contributed by atoms with Crippen LogP contribution in [0.2, 0.25) is 0 Å². The molecule has 1 aliphatic heterocycles. The van der Waals surface area contributed by atoms with E-state index in [-0.39, 0.29) is 0 Å². The highest BCUT2D eigenvalue weighted by Crippen LogP contribution is 2.35. The molecule has 0 radical (unpaired) electrons. The third kappa shape index (κ3) is 2.00. The zero-order valence-electron chi connectivity index (χ0n) is 9.55. The summed E-state index contributed by atoms with van der Waals surface area (Å²) in [6.45, 7) is 6.20. The molecule has 0 spiro atoms. The van der Waals surface area contributed by atoms with Crippen molar-refractivity contribution < 1.29 is 4.74 Å². The SMILES string of the molecule is CCCNC1COc2c(CC)cccc21. The van der Waals surface area contributed by atoms with Crippen LogP contribution in [0.5, 0.6) is 5.75 Å². The second kappa shape index (κ2) is 4.67. The highest BCUT2D eigenvalue weighted by Gasteiger charge is 2.24. The van der Waals surface area contributed by atoms with Crippen molar-refractivity contribution in [1.82, 2.24) is 5.32 Å². The molecule has 1 aromatic rings. The van der Waals surface area contributed by atoms with Crippen LogP contribution in [0.25, 0.3) is 0 Å². The van der Waals surface area contributed by atoms with Crippen LogP contribution in [0.4, 0.5) is 0 Å². The average Bonchev–Trinajstić information content (AvgIpc) is 2.69. The Balaban J connectivity index is 2.19. The van der Waals surface area contributed by atoms with E-state index in [1.807, 2.05) is 0 Å². The molecule has 0 amide bonds. The molecule has 0 bridgehead atoms. The second-order valence-corrected chi connectivity index (χ2v) is 4.01. The third-order valence-electron chi connectivity index (χ3n) is 2.92. The van der Waals surface area contributed by atoms with Gasteiger partial charge in [0.05, 0.1) is 6.04 Å². The molecule has 1 atom stereocenters. The number of fused-ring (bicyclic) bond motifs is 1. The highest BCUT2D eigenvalue weighted by atomic mass is 16.5. The molecule has 1 heterocycles. The molecular weight excluding hydrogens is 186 g/mol. The Bertz CT molecular complexity index is 335. The second-order valence-electron chi connectivity index (χ2n) is 4.01. The van der Waals surface area contributed by atoms with Crippen LogP contribution in [0.1, 0.15) is 37.4 Å². The summed E-state index contributed by atoms with van der Waals surface area (Å²) in [4.78, 5) is 0. The Kier molecular flexibility index (Phi) is 3.27. The third-order valence-corrected chi connectivity index (χ3v) is 2.92. The van der Waals surface area contributed by atoms with E-state index < -0.39 is 0 Å². The van der Waals surface area contributed by atoms with Gasteiger partial charge in [-0.1, -0.05) is 32.0 Å². The van der Waals surface area contributed by atoms with Gasteiger partial charge in [-0.25, -0.2) is 0 Å². The van der Waals surface area contributed by atoms with E-state index >= 15 is 0 Å². The van der Waals surface area contributed by atoms with Gasteiger partial charge in [-0.2, -0.15) is 0 Å². The summed E-state index contributed by atoms with van der Waals surface area (Å²) >= 11 is 0. The minimum atomic E-state index is 0.395. The lowest BCUT2D eigenvalue weighted by Crippen LogP contribution is -2.22. The van der Waals surface area contributed by atoms with E-state index in [1.165, 1.54) is 17.5 Å². The maximum atomic E-state index is 5.77. The monoisotopic (exact) mass is 205 g/mol. The van der Waals surface area contributed by atoms with Crippen molar-refractivity contribution in [3.63, 3.8) is 0 Å². The molecule has 1 aromatic carbocycles. The highest BCUT2D eigenvalue weighted by molar-refractivity contribution is 5.46. The molecule has 1 N–H and O–H groups in total. The number of aryl methyl sites for hydroxylation is 1. The predicted octanol–water partition coefficient (Wildman–Crippen LogP) is 2.68. The number of benzene rings is 1. The molecule has 15 heavy (non-hydrogen) atoms. The number of nitrogens with one attached hydrogen (secondary N) is 1. The van der Waals surface area contributed by atoms with E-state index in [0.29, 0.717) is 6.04 Å². The quantitative estimate of drug-likeness (QED) is 0.816. The molecule has 0 saturated heterocycles. The van der Waals surface area contributed by atoms with Crippen LogP contribution in [0, 0.1) is 0 Å². The van der Waals surface area contributed by atoms with Crippen molar-refractivity contribution >= 4 is 0 Å². The molecule has 1 unspecified atom stereocenters. The first kappa shape index (κ1) is 10.5. The summed E-state index contributed by atoms with van der Waals surface area (Å²) in [5.74, 6) is 1.12. The first-order chi connectivity index (χ1) is 7.36. The zero-order chi connectivity index (χ0) is 10.7. The Hall–Kier alpha value is -1.02. The molecule has 0 aliphatic carbocycles. The van der Waals surface area contributed by atoms with Crippen molar-refractivity contribution in [3.05, 3.63) is 29.3 Å². The van der Waals surface area contributed by atoms with Gasteiger partial charge >= 0.3 is 0 Å². The summed E-state index contributed by atoms with van der Waals surface area (Å²) in [7, 11) is 0. The van der Waals surface area contributed by atoms with E-state index in [0.717, 1.165) is 25.3 Å². The lowest BCUT2D eigenvalue weighted by atomic mass is 10.0. The normalized spacial score (nSPS) is 18.7. The van der Waals surface area contributed by atoms with E-state index in [2.05, 4.69) is 37.4 Å². The maximum Gasteiger partial charge on any atom is 0.127 e. The van der Waals surface area contributed by atoms with Crippen LogP contribution in [0.15, 0.2) is 18.2 Å². The van der Waals surface area contributed by atoms with E-state index in [1.54, 1.807) is 0 Å². The Morgan fingerprint density at radius 3 is 3.00 bits per heavy atom. The molecule has 2 nitrogen and oxygen atoms in total. The minimum Gasteiger partial charge on any atom is -0.491 e. The summed E-state index contributed by atoms with van der Waals surface area (Å²) in [6.07, 6.45) is 2.21. The van der Waals surface area contributed by atoms with Gasteiger partial charge in [0.1, 0.15) is 12.4 Å². The Labute approximate surface area is 91.6 Å².